The van der Waals surface area contributed by atoms with E-state index < -0.39 is 50.0 Å². The molecule has 0 bridgehead atoms. The van der Waals surface area contributed by atoms with E-state index in [4.69, 9.17) is 9.47 Å². The van der Waals surface area contributed by atoms with Gasteiger partial charge in [0.2, 0.25) is 0 Å². The van der Waals surface area contributed by atoms with E-state index in [0.717, 1.165) is 41.0 Å². The van der Waals surface area contributed by atoms with Crippen molar-refractivity contribution in [2.75, 3.05) is 23.8 Å². The summed E-state index contributed by atoms with van der Waals surface area (Å²) in [5, 5.41) is 2.52. The van der Waals surface area contributed by atoms with Gasteiger partial charge in [-0.1, -0.05) is 0 Å². The number of alkyl halides is 3. The first-order chi connectivity index (χ1) is 19.8. The quantitative estimate of drug-likeness (QED) is 0.210. The molecule has 1 N–H and O–H groups in total. The molecule has 1 heterocycles. The fraction of sp³-hybridized carbons (Fsp3) is 0.214. The van der Waals surface area contributed by atoms with Crippen molar-refractivity contribution in [3.63, 3.8) is 0 Å². The third-order valence-corrected chi connectivity index (χ3v) is 8.06. The number of hydrogen-bond donors (Lipinski definition) is 1. The van der Waals surface area contributed by atoms with Crippen LogP contribution < -0.4 is 19.1 Å². The monoisotopic (exact) mass is 608 g/mol. The first-order valence-corrected chi connectivity index (χ1v) is 13.7. The van der Waals surface area contributed by atoms with Gasteiger partial charge in [0.1, 0.15) is 35.3 Å². The van der Waals surface area contributed by atoms with Gasteiger partial charge in [0.15, 0.2) is 0 Å². The number of sulfonamides is 1. The molecule has 4 aromatic rings. The highest BCUT2D eigenvalue weighted by Gasteiger charge is 2.37. The van der Waals surface area contributed by atoms with Crippen LogP contribution in [0.5, 0.6) is 11.5 Å². The number of benzene rings is 3. The number of methoxy groups -OCH3 is 2. The van der Waals surface area contributed by atoms with Gasteiger partial charge in [-0.3, -0.25) is 0 Å². The molecule has 222 valence electrons. The summed E-state index contributed by atoms with van der Waals surface area (Å²) >= 11 is 0. The lowest BCUT2D eigenvalue weighted by Gasteiger charge is -2.26. The minimum atomic E-state index is -5.01. The molecule has 0 saturated carbocycles. The second kappa shape index (κ2) is 12.2. The molecule has 0 aliphatic rings. The van der Waals surface area contributed by atoms with Gasteiger partial charge in [-0.2, -0.15) is 13.2 Å². The third-order valence-electron chi connectivity index (χ3n) is 6.31. The normalized spacial score (nSPS) is 12.5. The van der Waals surface area contributed by atoms with E-state index in [2.05, 4.69) is 15.3 Å². The number of halogens is 5. The van der Waals surface area contributed by atoms with Crippen LogP contribution >= 0.6 is 0 Å². The lowest BCUT2D eigenvalue weighted by atomic mass is 10.1. The van der Waals surface area contributed by atoms with Gasteiger partial charge in [-0.15, -0.1) is 0 Å². The average Bonchev–Trinajstić information content (AvgIpc) is 2.96. The number of ether oxygens (including phenoxy) is 2. The number of aromatic nitrogens is 2. The number of rotatable bonds is 10. The van der Waals surface area contributed by atoms with Crippen molar-refractivity contribution in [3.8, 4) is 11.5 Å². The van der Waals surface area contributed by atoms with Gasteiger partial charge in [0.05, 0.1) is 37.3 Å². The lowest BCUT2D eigenvalue weighted by molar-refractivity contribution is -0.137. The summed E-state index contributed by atoms with van der Waals surface area (Å²) in [6, 6.07) is 9.88. The van der Waals surface area contributed by atoms with Crippen LogP contribution in [-0.2, 0) is 22.7 Å². The minimum absolute atomic E-state index is 0.103. The topological polar surface area (TPSA) is 93.7 Å². The van der Waals surface area contributed by atoms with Gasteiger partial charge in [0, 0.05) is 35.1 Å². The summed E-state index contributed by atoms with van der Waals surface area (Å²) in [5.41, 5.74) is -1.68. The second-order valence-corrected chi connectivity index (χ2v) is 10.9. The molecular weight excluding hydrogens is 583 g/mol. The molecule has 0 spiro atoms. The van der Waals surface area contributed by atoms with E-state index in [1.165, 1.54) is 39.5 Å². The molecule has 3 aromatic carbocycles. The Balaban J connectivity index is 1.78. The number of nitrogens with zero attached hydrogens (tertiary/aromatic N) is 3. The molecule has 0 radical (unpaired) electrons. The van der Waals surface area contributed by atoms with Gasteiger partial charge in [-0.05, 0) is 55.5 Å². The number of nitrogens with one attached hydrogen (secondary N) is 1. The molecule has 14 heteroatoms. The highest BCUT2D eigenvalue weighted by atomic mass is 32.2. The van der Waals surface area contributed by atoms with Gasteiger partial charge >= 0.3 is 6.18 Å². The van der Waals surface area contributed by atoms with Crippen LogP contribution in [0.15, 0.2) is 78.1 Å². The van der Waals surface area contributed by atoms with Crippen molar-refractivity contribution in [2.45, 2.75) is 30.6 Å². The molecule has 8 nitrogen and oxygen atoms in total. The lowest BCUT2D eigenvalue weighted by Crippen LogP contribution is -2.32. The van der Waals surface area contributed by atoms with Crippen LogP contribution in [0, 0.1) is 11.6 Å². The maximum absolute atomic E-state index is 14.3. The maximum atomic E-state index is 14.3. The van der Waals surface area contributed by atoms with Crippen molar-refractivity contribution in [1.29, 1.82) is 0 Å². The maximum Gasteiger partial charge on any atom is 0.418 e. The smallest absolute Gasteiger partial charge is 0.418 e. The zero-order valence-electron chi connectivity index (χ0n) is 22.5. The highest BCUT2D eigenvalue weighted by Crippen LogP contribution is 2.39. The van der Waals surface area contributed by atoms with Crippen molar-refractivity contribution in [3.05, 3.63) is 102 Å². The summed E-state index contributed by atoms with van der Waals surface area (Å²) < 4.78 is 110. The Bertz CT molecular complexity index is 1670. The summed E-state index contributed by atoms with van der Waals surface area (Å²) in [7, 11) is -1.85. The molecule has 0 aliphatic carbocycles. The molecule has 0 fully saturated rings. The van der Waals surface area contributed by atoms with Gasteiger partial charge in [-0.25, -0.2) is 31.5 Å². The zero-order valence-corrected chi connectivity index (χ0v) is 23.3. The number of anilines is 2. The predicted molar refractivity (Wildman–Crippen MR) is 145 cm³/mol. The molecule has 4 rings (SSSR count). The van der Waals surface area contributed by atoms with E-state index in [9.17, 15) is 30.4 Å². The summed E-state index contributed by atoms with van der Waals surface area (Å²) in [6.45, 7) is 0.992. The number of hydrogen-bond acceptors (Lipinski definition) is 7. The molecule has 0 aliphatic heterocycles. The average molecular weight is 609 g/mol. The van der Waals surface area contributed by atoms with E-state index in [0.29, 0.717) is 17.4 Å². The third kappa shape index (κ3) is 6.54. The Morgan fingerprint density at radius 3 is 2.38 bits per heavy atom. The van der Waals surface area contributed by atoms with Gasteiger partial charge in [0.25, 0.3) is 10.0 Å². The van der Waals surface area contributed by atoms with Crippen molar-refractivity contribution in [2.24, 2.45) is 0 Å². The van der Waals surface area contributed by atoms with Crippen molar-refractivity contribution in [1.82, 2.24) is 9.97 Å². The standard InChI is InChI=1S/C28H25F5N4O4S/c1-17(22-12-19(29)5-8-24(22)30)36-25-9-7-21(14-23(25)28(31,32)33)42(38,39)37(27-10-11-34-16-35-27)15-18-4-6-20(40-2)13-26(18)41-3/h4-14,16-17,36H,15H2,1-3H3/t17-/m0/s1. The van der Waals surface area contributed by atoms with Crippen LogP contribution in [-0.4, -0.2) is 32.6 Å². The fourth-order valence-electron chi connectivity index (χ4n) is 4.19. The summed E-state index contributed by atoms with van der Waals surface area (Å²) in [6.07, 6.45) is -2.62. The Morgan fingerprint density at radius 1 is 0.976 bits per heavy atom. The molecule has 42 heavy (non-hydrogen) atoms. The molecule has 1 aromatic heterocycles. The van der Waals surface area contributed by atoms with E-state index in [1.807, 2.05) is 0 Å². The highest BCUT2D eigenvalue weighted by molar-refractivity contribution is 7.92. The predicted octanol–water partition coefficient (Wildman–Crippen LogP) is 6.36. The first kappa shape index (κ1) is 30.5. The Hall–Kier alpha value is -4.46. The summed E-state index contributed by atoms with van der Waals surface area (Å²) in [5.74, 6) is -0.974. The van der Waals surface area contributed by atoms with E-state index in [1.54, 1.807) is 12.1 Å². The van der Waals surface area contributed by atoms with Crippen LogP contribution in [0.1, 0.15) is 29.7 Å². The van der Waals surface area contributed by atoms with E-state index in [-0.39, 0.29) is 23.7 Å². The zero-order chi connectivity index (χ0) is 30.7. The molecule has 1 atom stereocenters. The van der Waals surface area contributed by atoms with Crippen LogP contribution in [0.3, 0.4) is 0 Å². The van der Waals surface area contributed by atoms with Gasteiger partial charge < -0.3 is 14.8 Å². The molecular formula is C28H25F5N4O4S. The Kier molecular flexibility index (Phi) is 8.85. The largest absolute Gasteiger partial charge is 0.497 e. The second-order valence-electron chi connectivity index (χ2n) is 8.99. The molecule has 0 unspecified atom stereocenters. The molecule has 0 amide bonds. The Labute approximate surface area is 238 Å². The molecule has 0 saturated heterocycles. The first-order valence-electron chi connectivity index (χ1n) is 12.3. The van der Waals surface area contributed by atoms with Crippen molar-refractivity contribution < 1.29 is 39.8 Å². The van der Waals surface area contributed by atoms with Crippen molar-refractivity contribution >= 4 is 21.5 Å². The van der Waals surface area contributed by atoms with Crippen LogP contribution in [0.2, 0.25) is 0 Å². The fourth-order valence-corrected chi connectivity index (χ4v) is 5.61. The SMILES string of the molecule is COc1ccc(CN(c2ccncn2)S(=O)(=O)c2ccc(N[C@@H](C)c3cc(F)ccc3F)c(C(F)(F)F)c2)c(OC)c1. The van der Waals surface area contributed by atoms with Crippen LogP contribution in [0.25, 0.3) is 0 Å². The summed E-state index contributed by atoms with van der Waals surface area (Å²) in [4.78, 5) is 7.11. The Morgan fingerprint density at radius 2 is 1.74 bits per heavy atom. The minimum Gasteiger partial charge on any atom is -0.497 e. The van der Waals surface area contributed by atoms with E-state index >= 15 is 0 Å². The van der Waals surface area contributed by atoms with Crippen LogP contribution in [0.4, 0.5) is 33.5 Å².